The molecule has 3 saturated heterocycles. The molecule has 3 heterocycles. The van der Waals surface area contributed by atoms with Gasteiger partial charge in [-0.1, -0.05) is 13.8 Å². The van der Waals surface area contributed by atoms with Gasteiger partial charge < -0.3 is 92.0 Å². The Balaban J connectivity index is 1.75. The minimum absolute atomic E-state index is 0.0280. The van der Waals surface area contributed by atoms with Gasteiger partial charge in [0.2, 0.25) is 35.4 Å². The largest absolute Gasteiger partial charge is 0.480 e. The molecule has 14 N–H and O–H groups in total. The fourth-order valence-corrected chi connectivity index (χ4v) is 7.30. The molecule has 27 heteroatoms. The number of carboxylic acid groups (broad SMARTS) is 3. The summed E-state index contributed by atoms with van der Waals surface area (Å²) in [5, 5.41) is 73.9. The van der Waals surface area contributed by atoms with Crippen molar-refractivity contribution in [2.75, 3.05) is 13.2 Å². The maximum atomic E-state index is 13.8. The Kier molecular flexibility index (Phi) is 21.0. The van der Waals surface area contributed by atoms with Crippen molar-refractivity contribution in [1.29, 1.82) is 0 Å². The molecule has 27 nitrogen and oxygen atoms in total. The monoisotopic (exact) mass is 949 g/mol. The number of hydrogen-bond acceptors (Lipinski definition) is 18. The number of nitrogens with two attached hydrogens (primary N) is 1. The molecule has 374 valence electrons. The third kappa shape index (κ3) is 15.5. The predicted molar refractivity (Wildman–Crippen MR) is 219 cm³/mol. The molecule has 0 aromatic carbocycles. The fraction of sp³-hybridized carbons (Fsp3) is 0.769. The number of carbonyl (C=O) groups is 9. The molecular formula is C39H63N7O20. The van der Waals surface area contributed by atoms with Gasteiger partial charge in [-0.3, -0.25) is 38.4 Å². The second-order valence-corrected chi connectivity index (χ2v) is 16.6. The van der Waals surface area contributed by atoms with E-state index in [9.17, 15) is 68.7 Å². The molecule has 3 rings (SSSR count). The first kappa shape index (κ1) is 55.2. The molecule has 16 atom stereocenters. The number of aliphatic hydroxyl groups is 3. The Morgan fingerprint density at radius 1 is 0.712 bits per heavy atom. The molecule has 0 aliphatic carbocycles. The van der Waals surface area contributed by atoms with Crippen molar-refractivity contribution in [2.45, 2.75) is 171 Å². The van der Waals surface area contributed by atoms with Crippen LogP contribution in [0, 0.1) is 5.92 Å². The molecular weight excluding hydrogens is 886 g/mol. The molecule has 0 saturated carbocycles. The Bertz CT molecular complexity index is 1760. The van der Waals surface area contributed by atoms with Gasteiger partial charge in [0.15, 0.2) is 12.6 Å². The van der Waals surface area contributed by atoms with E-state index < -0.39 is 176 Å². The minimum Gasteiger partial charge on any atom is -0.480 e. The number of ether oxygens (including phenoxy) is 5. The van der Waals surface area contributed by atoms with Crippen LogP contribution in [-0.2, 0) is 66.8 Å². The van der Waals surface area contributed by atoms with E-state index in [4.69, 9.17) is 34.5 Å². The molecule has 66 heavy (non-hydrogen) atoms. The lowest BCUT2D eigenvalue weighted by molar-refractivity contribution is -0.313. The van der Waals surface area contributed by atoms with E-state index in [-0.39, 0.29) is 25.9 Å². The van der Waals surface area contributed by atoms with E-state index in [1.54, 1.807) is 13.8 Å². The highest BCUT2D eigenvalue weighted by Crippen LogP contribution is 2.35. The zero-order chi connectivity index (χ0) is 49.7. The summed E-state index contributed by atoms with van der Waals surface area (Å²) >= 11 is 0. The van der Waals surface area contributed by atoms with Gasteiger partial charge in [-0.15, -0.1) is 0 Å². The molecule has 3 aliphatic heterocycles. The third-order valence-corrected chi connectivity index (χ3v) is 10.9. The summed E-state index contributed by atoms with van der Waals surface area (Å²) in [5.41, 5.74) is 5.52. The van der Waals surface area contributed by atoms with E-state index in [0.717, 1.165) is 6.92 Å². The van der Waals surface area contributed by atoms with Crippen molar-refractivity contribution in [3.63, 3.8) is 0 Å². The predicted octanol–water partition coefficient (Wildman–Crippen LogP) is -5.50. The summed E-state index contributed by atoms with van der Waals surface area (Å²) in [6, 6.07) is -9.63. The topological polar surface area (TPSA) is 419 Å². The third-order valence-electron chi connectivity index (χ3n) is 10.9. The van der Waals surface area contributed by atoms with Crippen molar-refractivity contribution >= 4 is 53.4 Å². The first-order chi connectivity index (χ1) is 30.9. The molecule has 3 aliphatic rings. The number of nitrogens with one attached hydrogen (secondary N) is 6. The highest BCUT2D eigenvalue weighted by Gasteiger charge is 2.56. The molecule has 0 unspecified atom stereocenters. The van der Waals surface area contributed by atoms with Crippen LogP contribution in [0.5, 0.6) is 0 Å². The molecule has 6 amide bonds. The number of amides is 6. The van der Waals surface area contributed by atoms with Crippen molar-refractivity contribution < 1.29 is 97.5 Å². The second kappa shape index (κ2) is 25.1. The van der Waals surface area contributed by atoms with Crippen molar-refractivity contribution in [1.82, 2.24) is 31.9 Å². The van der Waals surface area contributed by atoms with Crippen LogP contribution in [0.1, 0.15) is 73.6 Å². The average molecular weight is 950 g/mol. The van der Waals surface area contributed by atoms with Gasteiger partial charge in [-0.05, 0) is 45.4 Å². The summed E-state index contributed by atoms with van der Waals surface area (Å²) in [7, 11) is 0. The van der Waals surface area contributed by atoms with Crippen LogP contribution in [0.3, 0.4) is 0 Å². The van der Waals surface area contributed by atoms with E-state index in [1.807, 2.05) is 0 Å². The van der Waals surface area contributed by atoms with Crippen molar-refractivity contribution in [2.24, 2.45) is 11.7 Å². The lowest BCUT2D eigenvalue weighted by Gasteiger charge is -2.47. The van der Waals surface area contributed by atoms with Gasteiger partial charge in [0.05, 0.1) is 13.2 Å². The quantitative estimate of drug-likeness (QED) is 0.0406. The molecule has 3 fully saturated rings. The second-order valence-electron chi connectivity index (χ2n) is 16.6. The summed E-state index contributed by atoms with van der Waals surface area (Å²) in [6.07, 6.45) is -13.7. The Morgan fingerprint density at radius 3 is 1.91 bits per heavy atom. The summed E-state index contributed by atoms with van der Waals surface area (Å²) in [6.45, 7) is 7.03. The van der Waals surface area contributed by atoms with Crippen LogP contribution in [0.4, 0.5) is 0 Å². The zero-order valence-corrected chi connectivity index (χ0v) is 37.2. The number of carbonyl (C=O) groups excluding carboxylic acids is 6. The van der Waals surface area contributed by atoms with E-state index in [1.165, 1.54) is 20.8 Å². The average Bonchev–Trinajstić information content (AvgIpc) is 3.68. The van der Waals surface area contributed by atoms with Crippen LogP contribution in [0.2, 0.25) is 0 Å². The molecule has 0 aromatic heterocycles. The van der Waals surface area contributed by atoms with Gasteiger partial charge in [-0.2, -0.15) is 0 Å². The molecule has 0 spiro atoms. The number of carboxylic acids is 3. The van der Waals surface area contributed by atoms with Crippen LogP contribution in [0.25, 0.3) is 0 Å². The van der Waals surface area contributed by atoms with E-state index in [0.29, 0.717) is 0 Å². The Morgan fingerprint density at radius 2 is 1.35 bits per heavy atom. The van der Waals surface area contributed by atoms with Crippen molar-refractivity contribution in [3.05, 3.63) is 0 Å². The highest BCUT2D eigenvalue weighted by molar-refractivity contribution is 5.92. The number of rotatable bonds is 25. The summed E-state index contributed by atoms with van der Waals surface area (Å²) in [4.78, 5) is 112. The first-order valence-electron chi connectivity index (χ1n) is 21.3. The van der Waals surface area contributed by atoms with Crippen LogP contribution >= 0.6 is 0 Å². The van der Waals surface area contributed by atoms with Crippen LogP contribution < -0.4 is 37.6 Å². The van der Waals surface area contributed by atoms with E-state index in [2.05, 4.69) is 31.9 Å². The van der Waals surface area contributed by atoms with Crippen LogP contribution in [-0.4, -0.2) is 195 Å². The van der Waals surface area contributed by atoms with Crippen molar-refractivity contribution in [3.8, 4) is 0 Å². The summed E-state index contributed by atoms with van der Waals surface area (Å²) in [5.74, 6) is -9.75. The minimum atomic E-state index is -1.70. The van der Waals surface area contributed by atoms with E-state index >= 15 is 0 Å². The molecule has 2 bridgehead atoms. The van der Waals surface area contributed by atoms with Crippen LogP contribution in [0.15, 0.2) is 0 Å². The SMILES string of the molecule is CC(=O)N[C@H]1[C@H](O[C@H]2[C@H](O[C@H](C)C(=O)N[C@H](C(=O)N[C@H](CCC(=O)N[C@@H](CCC[C@@H](N)C(=O)O)C(=O)N[C@H](C)C(=O)O)C(=O)O)C(C)C)[C@@H](NC(C)=O)[C@H]3OC[C@@H]2O3)O[C@H](CO)[C@@H](O)[C@@H]1O. The normalized spacial score (nSPS) is 28.6. The van der Waals surface area contributed by atoms with Gasteiger partial charge in [0.1, 0.15) is 85.0 Å². The first-order valence-corrected chi connectivity index (χ1v) is 21.3. The summed E-state index contributed by atoms with van der Waals surface area (Å²) < 4.78 is 29.8. The smallest absolute Gasteiger partial charge is 0.326 e. The molecule has 0 radical (unpaired) electrons. The fourth-order valence-electron chi connectivity index (χ4n) is 7.30. The highest BCUT2D eigenvalue weighted by atomic mass is 16.8. The maximum Gasteiger partial charge on any atom is 0.326 e. The Labute approximate surface area is 378 Å². The van der Waals surface area contributed by atoms with Gasteiger partial charge in [-0.25, -0.2) is 4.79 Å². The lowest BCUT2D eigenvalue weighted by Crippen LogP contribution is -2.68. The zero-order valence-electron chi connectivity index (χ0n) is 37.2. The number of fused-ring (bicyclic) bond motifs is 2. The number of aliphatic hydroxyl groups excluding tert-OH is 3. The standard InChI is InChI=1S/C39H63N7O20/c1-14(2)25(34(55)45-21(37(60)61)10-11-24(50)44-20(9-7-8-19(40)36(58)59)33(54)41-15(3)35(56)57)46-32(53)16(4)63-31-27(43-18(6)49)38-62-13-23(65-38)30(31)66-39-26(42-17(5)48)29(52)28(51)22(12-47)64-39/h14-16,19-23,25-31,38-39,47,51-52H,7-13,40H2,1-6H3,(H,41,54)(H,42,48)(H,43,49)(H,44,50)(H,45,55)(H,46,53)(H,56,57)(H,58,59)(H,60,61)/t15-,16-,19-,20+,21-,22-,23+,25+,26-,27-,28-,29-,30-,31-,38+,39+/m1/s1. The van der Waals surface area contributed by atoms with Gasteiger partial charge in [0.25, 0.3) is 0 Å². The maximum absolute atomic E-state index is 13.8. The number of aliphatic carboxylic acids is 3. The lowest BCUT2D eigenvalue weighted by atomic mass is 9.95. The Hall–Kier alpha value is -5.13. The van der Waals surface area contributed by atoms with Gasteiger partial charge >= 0.3 is 17.9 Å². The number of hydrogen-bond donors (Lipinski definition) is 13. The molecule has 0 aromatic rings. The van der Waals surface area contributed by atoms with Gasteiger partial charge in [0, 0.05) is 20.3 Å².